The molecule has 0 amide bonds. The van der Waals surface area contributed by atoms with Gasteiger partial charge >= 0.3 is 35.0 Å². The zero-order valence-electron chi connectivity index (χ0n) is 41.8. The maximum atomic E-state index is 13.6. The third-order valence-electron chi connectivity index (χ3n) is 14.7. The first-order valence-corrected chi connectivity index (χ1v) is 24.5. The minimum Gasteiger partial charge on any atom is -0.681 e. The van der Waals surface area contributed by atoms with Gasteiger partial charge in [0.1, 0.15) is 12.7 Å². The van der Waals surface area contributed by atoms with Crippen LogP contribution in [0.25, 0.3) is 29.1 Å². The van der Waals surface area contributed by atoms with E-state index in [-0.39, 0.29) is 59.5 Å². The molecule has 3 aliphatic rings. The molecule has 0 radical (unpaired) electrons. The molecule has 6 atom stereocenters. The zero-order valence-corrected chi connectivity index (χ0v) is 43.2. The molecule has 1 aliphatic carbocycles. The van der Waals surface area contributed by atoms with Crippen molar-refractivity contribution in [3.05, 3.63) is 95.1 Å². The first-order chi connectivity index (χ1) is 30.6. The van der Waals surface area contributed by atoms with E-state index in [2.05, 4.69) is 81.4 Å². The Morgan fingerprint density at radius 3 is 2.06 bits per heavy atom. The Balaban J connectivity index is 0.00000793. The van der Waals surface area contributed by atoms with Crippen LogP contribution in [-0.4, -0.2) is 59.9 Å². The van der Waals surface area contributed by atoms with E-state index in [1.165, 1.54) is 63.2 Å². The molecule has 1 saturated heterocycles. The van der Waals surface area contributed by atoms with E-state index in [9.17, 15) is 14.7 Å². The Morgan fingerprint density at radius 1 is 0.785 bits per heavy atom. The number of hydrogen-bond acceptors (Lipinski definition) is 5. The molecule has 1 fully saturated rings. The fraction of sp³-hybridized carbons (Fsp3) is 0.600. The van der Waals surface area contributed by atoms with E-state index in [1.807, 2.05) is 19.1 Å². The molecule has 8 bridgehead atoms. The normalized spacial score (nSPS) is 21.8. The summed E-state index contributed by atoms with van der Waals surface area (Å²) in [6, 6.07) is -0.569. The second kappa shape index (κ2) is 23.3. The fourth-order valence-corrected chi connectivity index (χ4v) is 10.5. The zero-order chi connectivity index (χ0) is 46.4. The van der Waals surface area contributed by atoms with Crippen LogP contribution < -0.4 is 25.7 Å². The summed E-state index contributed by atoms with van der Waals surface area (Å²) in [4.78, 5) is 42.5. The number of aromatic nitrogens is 3. The number of esters is 2. The monoisotopic (exact) mass is 897 g/mol. The van der Waals surface area contributed by atoms with Gasteiger partial charge < -0.3 is 34.8 Å². The van der Waals surface area contributed by atoms with Crippen molar-refractivity contribution < 1.29 is 24.2 Å². The molecular weight excluding hydrogens is 821 g/mol. The van der Waals surface area contributed by atoms with Crippen LogP contribution in [-0.2, 0) is 31.9 Å². The van der Waals surface area contributed by atoms with Crippen molar-refractivity contribution >= 4 is 58.8 Å². The molecule has 1 unspecified atom stereocenters. The first-order valence-electron chi connectivity index (χ1n) is 24.5. The Hall–Kier alpha value is -3.73. The summed E-state index contributed by atoms with van der Waals surface area (Å²) >= 11 is 0. The average molecular weight is 898 g/mol. The van der Waals surface area contributed by atoms with Crippen LogP contribution in [0.15, 0.2) is 22.9 Å². The third-order valence-corrected chi connectivity index (χ3v) is 14.7. The average Bonchev–Trinajstić information content (AvgIpc) is 3.99. The molecule has 0 spiro atoms. The number of fused-ring (bicyclic) bond motifs is 8. The van der Waals surface area contributed by atoms with Crippen LogP contribution in [0.2, 0.25) is 0 Å². The molecule has 0 aromatic carbocycles. The molecule has 2 aliphatic heterocycles. The van der Waals surface area contributed by atoms with Gasteiger partial charge in [0.05, 0.1) is 12.7 Å². The van der Waals surface area contributed by atoms with Gasteiger partial charge in [0.25, 0.3) is 0 Å². The summed E-state index contributed by atoms with van der Waals surface area (Å²) in [7, 11) is 1.33. The Kier molecular flexibility index (Phi) is 18.7. The van der Waals surface area contributed by atoms with E-state index in [0.717, 1.165) is 93.5 Å². The number of nitrogens with zero attached hydrogens (tertiary/aromatic N) is 4. The number of aliphatic hydroxyl groups excluding tert-OH is 1. The third kappa shape index (κ3) is 11.9. The first kappa shape index (κ1) is 52.2. The second-order valence-corrected chi connectivity index (χ2v) is 19.8. The molecule has 6 rings (SSSR count). The van der Waals surface area contributed by atoms with E-state index in [0.29, 0.717) is 28.9 Å². The van der Waals surface area contributed by atoms with Gasteiger partial charge in [0.15, 0.2) is 0 Å². The predicted octanol–water partition coefficient (Wildman–Crippen LogP) is 9.93. The fourth-order valence-electron chi connectivity index (χ4n) is 10.5. The molecule has 9 nitrogen and oxygen atoms in total. The maximum absolute atomic E-state index is 13.6. The maximum Gasteiger partial charge on any atom is 2.00 e. The summed E-state index contributed by atoms with van der Waals surface area (Å²) in [6.07, 6.45) is 20.6. The van der Waals surface area contributed by atoms with Crippen LogP contribution in [0.4, 0.5) is 0 Å². The van der Waals surface area contributed by atoms with Crippen LogP contribution >= 0.6 is 0 Å². The number of carbonyl (C=O) groups is 2. The number of rotatable bonds is 20. The Labute approximate surface area is 406 Å². The van der Waals surface area contributed by atoms with Crippen molar-refractivity contribution in [3.63, 3.8) is 0 Å². The molecule has 3 aromatic rings. The van der Waals surface area contributed by atoms with Gasteiger partial charge in [0, 0.05) is 6.42 Å². The van der Waals surface area contributed by atoms with Crippen molar-refractivity contribution in [2.45, 2.75) is 172 Å². The van der Waals surface area contributed by atoms with Crippen molar-refractivity contribution in [2.75, 3.05) is 13.7 Å². The smallest absolute Gasteiger partial charge is 0.681 e. The molecule has 3 aromatic heterocycles. The number of carbonyl (C=O) groups excluding carboxylic acids is 2. The molecular formula is C55H76MgN4O5-2. The molecule has 5 heterocycles. The SMILES string of the molecule is CCc1c2[n-]c(c1C)/C=C1\[N-]C(C3=C(C(=O)OC)[C@H](O)c4c3[n-]c(c4C)/C=c3\[n-]/c(c(C)c3CC)=C\2)[C@@H](CCC(=O)OC/C=C(\C)CCC[C@@H](C)CCC[C@H](C)CCCC(C)C)[C@@H]1C.[Mg+2]. The van der Waals surface area contributed by atoms with Gasteiger partial charge in [-0.25, -0.2) is 4.79 Å². The van der Waals surface area contributed by atoms with E-state index in [4.69, 9.17) is 29.7 Å². The van der Waals surface area contributed by atoms with E-state index in [1.54, 1.807) is 0 Å². The summed E-state index contributed by atoms with van der Waals surface area (Å²) < 4.78 is 11.1. The Bertz CT molecular complexity index is 2370. The summed E-state index contributed by atoms with van der Waals surface area (Å²) in [5.74, 6) is 1.17. The van der Waals surface area contributed by atoms with Crippen LogP contribution in [0.5, 0.6) is 0 Å². The van der Waals surface area contributed by atoms with Crippen LogP contribution in [0, 0.1) is 50.4 Å². The van der Waals surface area contributed by atoms with Gasteiger partial charge in [-0.05, 0) is 101 Å². The number of allylic oxidation sites excluding steroid dienone is 2. The minimum absolute atomic E-state index is 0. The van der Waals surface area contributed by atoms with Crippen molar-refractivity contribution in [3.8, 4) is 0 Å². The van der Waals surface area contributed by atoms with Gasteiger partial charge in [-0.15, -0.1) is 33.5 Å². The summed E-state index contributed by atoms with van der Waals surface area (Å²) in [6.45, 7) is 24.4. The number of aliphatic hydroxyl groups is 1. The van der Waals surface area contributed by atoms with Crippen molar-refractivity contribution in [2.24, 2.45) is 29.6 Å². The number of hydrogen-bond donors (Lipinski definition) is 1. The quantitative estimate of drug-likeness (QED) is 0.0675. The summed E-state index contributed by atoms with van der Waals surface area (Å²) in [5.41, 5.74) is 11.7. The largest absolute Gasteiger partial charge is 2.00 e. The standard InChI is InChI=1S/C55H77N4O5.Mg/c1-13-39-35(8)42-28-44-37(10)41(24-25-48(60)64-27-26-34(7)23-17-22-33(6)21-16-20-32(5)19-15-18-31(3)4)52(58-44)50-51(55(62)63-12)54(61)49-38(11)45(59-53(49)50)30-47-40(14-2)36(9)43(57-47)29-46(39)56-42;/h26,28-33,37,41,52,54,61H,13-25,27H2,1-12H3,(H-3,56,57,58,59,62);/q-3;+2/p-1/b34-26+;/t32-,33+,37+,41+,52?,54-;/m1./s1. The van der Waals surface area contributed by atoms with E-state index >= 15 is 0 Å². The number of methoxy groups -OCH3 is 1. The molecule has 65 heavy (non-hydrogen) atoms. The molecule has 350 valence electrons. The van der Waals surface area contributed by atoms with Gasteiger partial charge in [-0.1, -0.05) is 157 Å². The van der Waals surface area contributed by atoms with Crippen molar-refractivity contribution in [1.82, 2.24) is 15.0 Å². The summed E-state index contributed by atoms with van der Waals surface area (Å²) in [5, 5.41) is 19.0. The molecule has 10 heteroatoms. The van der Waals surface area contributed by atoms with E-state index < -0.39 is 18.1 Å². The second-order valence-electron chi connectivity index (χ2n) is 19.8. The topological polar surface area (TPSA) is 129 Å². The van der Waals surface area contributed by atoms with Gasteiger partial charge in [-0.3, -0.25) is 4.79 Å². The molecule has 1 N–H and O–H groups in total. The molecule has 0 saturated carbocycles. The van der Waals surface area contributed by atoms with Crippen LogP contribution in [0.3, 0.4) is 0 Å². The Morgan fingerprint density at radius 2 is 1.42 bits per heavy atom. The van der Waals surface area contributed by atoms with Gasteiger partial charge in [0.2, 0.25) is 0 Å². The minimum atomic E-state index is -1.23. The van der Waals surface area contributed by atoms with Gasteiger partial charge in [-0.2, -0.15) is 5.70 Å². The predicted molar refractivity (Wildman–Crippen MR) is 265 cm³/mol. The van der Waals surface area contributed by atoms with Crippen molar-refractivity contribution in [1.29, 1.82) is 0 Å². The van der Waals surface area contributed by atoms with Crippen LogP contribution in [0.1, 0.15) is 188 Å². The number of ether oxygens (including phenoxy) is 2.